The van der Waals surface area contributed by atoms with Crippen molar-refractivity contribution in [3.63, 3.8) is 0 Å². The van der Waals surface area contributed by atoms with Gasteiger partial charge in [-0.1, -0.05) is 37.3 Å². The lowest BCUT2D eigenvalue weighted by atomic mass is 10.1. The summed E-state index contributed by atoms with van der Waals surface area (Å²) in [5, 5.41) is 0. The third-order valence-electron chi connectivity index (χ3n) is 3.78. The lowest BCUT2D eigenvalue weighted by Crippen LogP contribution is -2.42. The average molecular weight is 368 g/mol. The predicted molar refractivity (Wildman–Crippen MR) is 102 cm³/mol. The number of ether oxygens (including phenoxy) is 1. The number of carbonyl (C=O) groups is 3. The van der Waals surface area contributed by atoms with Crippen molar-refractivity contribution in [3.05, 3.63) is 65.7 Å². The molecule has 2 aromatic carbocycles. The highest BCUT2D eigenvalue weighted by Crippen LogP contribution is 2.14. The molecule has 0 bridgehead atoms. The Morgan fingerprint density at radius 1 is 0.852 bits per heavy atom. The van der Waals surface area contributed by atoms with Crippen LogP contribution in [0.25, 0.3) is 0 Å². The van der Waals surface area contributed by atoms with E-state index >= 15 is 0 Å². The zero-order valence-corrected chi connectivity index (χ0v) is 15.4. The monoisotopic (exact) mass is 368 g/mol. The third-order valence-corrected chi connectivity index (χ3v) is 3.78. The van der Waals surface area contributed by atoms with Gasteiger partial charge in [-0.15, -0.1) is 0 Å². The van der Waals surface area contributed by atoms with E-state index in [0.29, 0.717) is 17.9 Å². The van der Waals surface area contributed by atoms with Crippen LogP contribution in [-0.2, 0) is 16.0 Å². The molecule has 0 fully saturated rings. The molecule has 0 aliphatic heterocycles. The molecule has 0 radical (unpaired) electrons. The molecule has 27 heavy (non-hydrogen) atoms. The summed E-state index contributed by atoms with van der Waals surface area (Å²) in [5.74, 6) is -0.147. The summed E-state index contributed by atoms with van der Waals surface area (Å²) in [6.07, 6.45) is 1.15. The molecule has 0 unspecified atom stereocenters. The summed E-state index contributed by atoms with van der Waals surface area (Å²) in [6, 6.07) is 16.1. The minimum atomic E-state index is -0.410. The summed E-state index contributed by atoms with van der Waals surface area (Å²) in [6.45, 7) is 2.65. The van der Waals surface area contributed by atoms with Crippen LogP contribution in [0.1, 0.15) is 42.1 Å². The van der Waals surface area contributed by atoms with Gasteiger partial charge in [0.25, 0.3) is 0 Å². The van der Waals surface area contributed by atoms with Gasteiger partial charge in [0.15, 0.2) is 5.78 Å². The van der Waals surface area contributed by atoms with E-state index in [2.05, 4.69) is 10.9 Å². The Morgan fingerprint density at radius 2 is 1.52 bits per heavy atom. The van der Waals surface area contributed by atoms with Crippen LogP contribution >= 0.6 is 0 Å². The number of hydrogen-bond acceptors (Lipinski definition) is 4. The van der Waals surface area contributed by atoms with Crippen molar-refractivity contribution in [1.82, 2.24) is 10.9 Å². The molecule has 0 spiro atoms. The van der Waals surface area contributed by atoms with Crippen molar-refractivity contribution in [2.24, 2.45) is 0 Å². The number of hydrogen-bond donors (Lipinski definition) is 2. The molecule has 0 atom stereocenters. The molecular formula is C21H24N2O4. The first-order chi connectivity index (χ1) is 13.1. The molecule has 6 nitrogen and oxygen atoms in total. The van der Waals surface area contributed by atoms with E-state index in [-0.39, 0.29) is 31.0 Å². The Hall–Kier alpha value is -3.15. The molecule has 0 aromatic heterocycles. The van der Waals surface area contributed by atoms with Crippen molar-refractivity contribution >= 4 is 17.6 Å². The second-order valence-corrected chi connectivity index (χ2v) is 6.05. The zero-order chi connectivity index (χ0) is 19.5. The zero-order valence-electron chi connectivity index (χ0n) is 15.4. The number of nitrogens with one attached hydrogen (secondary N) is 2. The maximum Gasteiger partial charge on any atom is 0.242 e. The van der Waals surface area contributed by atoms with E-state index in [9.17, 15) is 14.4 Å². The normalized spacial score (nSPS) is 10.1. The standard InChI is InChI=1S/C21H24N2O4/c1-2-14-27-18-10-8-17(9-11-18)19(24)12-13-20(25)22-23-21(26)15-16-6-4-3-5-7-16/h3-11H,2,12-15H2,1H3,(H,22,25)(H,23,26). The minimum Gasteiger partial charge on any atom is -0.494 e. The Bertz CT molecular complexity index is 758. The number of hydrazine groups is 1. The van der Waals surface area contributed by atoms with Gasteiger partial charge in [-0.2, -0.15) is 0 Å². The summed E-state index contributed by atoms with van der Waals surface area (Å²) >= 11 is 0. The summed E-state index contributed by atoms with van der Waals surface area (Å²) in [4.78, 5) is 35.7. The SMILES string of the molecule is CCCOc1ccc(C(=O)CCC(=O)NNC(=O)Cc2ccccc2)cc1. The van der Waals surface area contributed by atoms with E-state index in [4.69, 9.17) is 4.74 Å². The fourth-order valence-corrected chi connectivity index (χ4v) is 2.36. The third kappa shape index (κ3) is 7.32. The van der Waals surface area contributed by atoms with Crippen molar-refractivity contribution in [2.75, 3.05) is 6.61 Å². The molecular weight excluding hydrogens is 344 g/mol. The number of carbonyl (C=O) groups excluding carboxylic acids is 3. The lowest BCUT2D eigenvalue weighted by molar-refractivity contribution is -0.128. The van der Waals surface area contributed by atoms with Gasteiger partial charge in [0.1, 0.15) is 5.75 Å². The van der Waals surface area contributed by atoms with Crippen molar-refractivity contribution in [3.8, 4) is 5.75 Å². The van der Waals surface area contributed by atoms with Crippen molar-refractivity contribution < 1.29 is 19.1 Å². The second kappa shape index (κ2) is 10.8. The number of benzene rings is 2. The number of rotatable bonds is 9. The quantitative estimate of drug-likeness (QED) is 0.526. The van der Waals surface area contributed by atoms with Crippen LogP contribution in [-0.4, -0.2) is 24.2 Å². The van der Waals surface area contributed by atoms with Gasteiger partial charge in [0.2, 0.25) is 11.8 Å². The summed E-state index contributed by atoms with van der Waals surface area (Å²) in [7, 11) is 0. The first kappa shape index (κ1) is 20.2. The molecule has 0 aliphatic carbocycles. The lowest BCUT2D eigenvalue weighted by Gasteiger charge is -2.08. The number of Topliss-reactive ketones (excluding diaryl/α,β-unsaturated/α-hetero) is 1. The van der Waals surface area contributed by atoms with Crippen LogP contribution in [0.15, 0.2) is 54.6 Å². The average Bonchev–Trinajstić information content (AvgIpc) is 2.70. The van der Waals surface area contributed by atoms with Gasteiger partial charge >= 0.3 is 0 Å². The van der Waals surface area contributed by atoms with Crippen LogP contribution < -0.4 is 15.6 Å². The van der Waals surface area contributed by atoms with Crippen LogP contribution in [0.4, 0.5) is 0 Å². The minimum absolute atomic E-state index is 0.00145. The molecule has 0 aliphatic rings. The van der Waals surface area contributed by atoms with E-state index in [1.165, 1.54) is 0 Å². The topological polar surface area (TPSA) is 84.5 Å². The first-order valence-corrected chi connectivity index (χ1v) is 8.96. The highest BCUT2D eigenvalue weighted by molar-refractivity contribution is 5.98. The van der Waals surface area contributed by atoms with Gasteiger partial charge < -0.3 is 4.74 Å². The van der Waals surface area contributed by atoms with Crippen LogP contribution in [0.3, 0.4) is 0 Å². The molecule has 0 saturated heterocycles. The smallest absolute Gasteiger partial charge is 0.242 e. The molecule has 2 aromatic rings. The number of amides is 2. The molecule has 2 N–H and O–H groups in total. The maximum absolute atomic E-state index is 12.1. The van der Waals surface area contributed by atoms with Crippen molar-refractivity contribution in [2.45, 2.75) is 32.6 Å². The second-order valence-electron chi connectivity index (χ2n) is 6.05. The maximum atomic E-state index is 12.1. The van der Waals surface area contributed by atoms with E-state index in [1.54, 1.807) is 24.3 Å². The largest absolute Gasteiger partial charge is 0.494 e. The molecule has 0 heterocycles. The first-order valence-electron chi connectivity index (χ1n) is 8.96. The molecule has 2 rings (SSSR count). The Kier molecular flexibility index (Phi) is 8.03. The Morgan fingerprint density at radius 3 is 2.19 bits per heavy atom. The molecule has 6 heteroatoms. The summed E-state index contributed by atoms with van der Waals surface area (Å²) < 4.78 is 5.47. The van der Waals surface area contributed by atoms with Crippen LogP contribution in [0.2, 0.25) is 0 Å². The summed E-state index contributed by atoms with van der Waals surface area (Å²) in [5.41, 5.74) is 6.07. The van der Waals surface area contributed by atoms with Crippen LogP contribution in [0.5, 0.6) is 5.75 Å². The molecule has 142 valence electrons. The van der Waals surface area contributed by atoms with Gasteiger partial charge in [0, 0.05) is 18.4 Å². The van der Waals surface area contributed by atoms with Gasteiger partial charge in [-0.25, -0.2) is 0 Å². The fraction of sp³-hybridized carbons (Fsp3) is 0.286. The Labute approximate surface area is 158 Å². The fourth-order valence-electron chi connectivity index (χ4n) is 2.36. The van der Waals surface area contributed by atoms with E-state index < -0.39 is 5.91 Å². The van der Waals surface area contributed by atoms with Gasteiger partial charge in [-0.05, 0) is 36.2 Å². The highest BCUT2D eigenvalue weighted by atomic mass is 16.5. The Balaban J connectivity index is 1.70. The van der Waals surface area contributed by atoms with E-state index in [1.807, 2.05) is 37.3 Å². The highest BCUT2D eigenvalue weighted by Gasteiger charge is 2.10. The van der Waals surface area contributed by atoms with E-state index in [0.717, 1.165) is 12.0 Å². The van der Waals surface area contributed by atoms with Gasteiger partial charge in [-0.3, -0.25) is 25.2 Å². The number of ketones is 1. The van der Waals surface area contributed by atoms with Gasteiger partial charge in [0.05, 0.1) is 13.0 Å². The predicted octanol–water partition coefficient (Wildman–Crippen LogP) is 2.83. The molecule has 2 amide bonds. The van der Waals surface area contributed by atoms with Crippen LogP contribution in [0, 0.1) is 0 Å². The van der Waals surface area contributed by atoms with Crippen molar-refractivity contribution in [1.29, 1.82) is 0 Å². The molecule has 0 saturated carbocycles.